The summed E-state index contributed by atoms with van der Waals surface area (Å²) in [5.41, 5.74) is 0. The summed E-state index contributed by atoms with van der Waals surface area (Å²) in [6.07, 6.45) is 0.953. The van der Waals surface area contributed by atoms with Crippen molar-refractivity contribution in [3.63, 3.8) is 0 Å². The Bertz CT molecular complexity index is 424. The van der Waals surface area contributed by atoms with Crippen molar-refractivity contribution in [2.75, 3.05) is 39.3 Å². The van der Waals surface area contributed by atoms with Gasteiger partial charge in [0, 0.05) is 13.1 Å². The van der Waals surface area contributed by atoms with E-state index in [9.17, 15) is 19.2 Å². The molecule has 0 aliphatic heterocycles. The van der Waals surface area contributed by atoms with Gasteiger partial charge in [0.25, 0.3) is 0 Å². The number of carboxylic acids is 3. The Kier molecular flexibility index (Phi) is 10.9. The summed E-state index contributed by atoms with van der Waals surface area (Å²) in [6, 6.07) is 0. The molecule has 0 saturated carbocycles. The number of hydrogen-bond donors (Lipinski definition) is 3. The monoisotopic (exact) mass is 348 g/mol. The lowest BCUT2D eigenvalue weighted by Crippen LogP contribution is -2.40. The van der Waals surface area contributed by atoms with E-state index in [0.717, 1.165) is 11.3 Å². The lowest BCUT2D eigenvalue weighted by Gasteiger charge is -2.22. The van der Waals surface area contributed by atoms with Gasteiger partial charge in [0.2, 0.25) is 0 Å². The van der Waals surface area contributed by atoms with Crippen LogP contribution < -0.4 is 0 Å². The van der Waals surface area contributed by atoms with Gasteiger partial charge in [-0.2, -0.15) is 0 Å². The van der Waals surface area contributed by atoms with Crippen molar-refractivity contribution in [1.82, 2.24) is 9.80 Å². The number of ether oxygens (including phenoxy) is 1. The zero-order valence-corrected chi connectivity index (χ0v) is 13.6. The number of carbonyl (C=O) groups excluding carboxylic acids is 1. The van der Waals surface area contributed by atoms with Crippen LogP contribution in [-0.2, 0) is 19.1 Å². The Balaban J connectivity index is 4.50. The highest BCUT2D eigenvalue weighted by Crippen LogP contribution is 2.01. The Labute approximate surface area is 139 Å². The van der Waals surface area contributed by atoms with Gasteiger partial charge in [-0.25, -0.2) is 4.79 Å². The lowest BCUT2D eigenvalue weighted by molar-refractivity contribution is -0.142. The molecule has 0 fully saturated rings. The molecule has 0 rings (SSSR count). The Hall–Kier alpha value is -2.36. The Morgan fingerprint density at radius 2 is 1.38 bits per heavy atom. The van der Waals surface area contributed by atoms with Crippen molar-refractivity contribution < 1.29 is 39.2 Å². The number of hydrogen-bond acceptors (Lipinski definition) is 6. The van der Waals surface area contributed by atoms with E-state index in [0.29, 0.717) is 6.42 Å². The van der Waals surface area contributed by atoms with Crippen LogP contribution in [0.5, 0.6) is 0 Å². The second-order valence-corrected chi connectivity index (χ2v) is 5.13. The number of aliphatic carboxylic acids is 3. The highest BCUT2D eigenvalue weighted by Gasteiger charge is 2.19. The number of nitrogens with zero attached hydrogens (tertiary/aromatic N) is 2. The molecular weight excluding hydrogens is 324 g/mol. The van der Waals surface area contributed by atoms with E-state index in [4.69, 9.17) is 20.1 Å². The van der Waals surface area contributed by atoms with Gasteiger partial charge in [-0.05, 0) is 12.8 Å². The van der Waals surface area contributed by atoms with Gasteiger partial charge < -0.3 is 20.1 Å². The minimum absolute atomic E-state index is 0.0208. The van der Waals surface area contributed by atoms with E-state index in [1.165, 1.54) is 4.90 Å². The van der Waals surface area contributed by atoms with Gasteiger partial charge >= 0.3 is 24.0 Å². The first kappa shape index (κ1) is 21.6. The number of unbranched alkanes of at least 4 members (excludes halogenated alkanes) is 1. The zero-order valence-electron chi connectivity index (χ0n) is 13.6. The predicted molar refractivity (Wildman–Crippen MR) is 81.8 cm³/mol. The average Bonchev–Trinajstić information content (AvgIpc) is 2.44. The fourth-order valence-corrected chi connectivity index (χ4v) is 1.88. The maximum Gasteiger partial charge on any atom is 0.410 e. The first-order valence-corrected chi connectivity index (χ1v) is 7.55. The minimum Gasteiger partial charge on any atom is -0.480 e. The molecular formula is C14H24N2O8. The van der Waals surface area contributed by atoms with Crippen LogP contribution in [0.1, 0.15) is 26.2 Å². The number of carbonyl (C=O) groups is 4. The molecule has 138 valence electrons. The normalized spacial score (nSPS) is 10.4. The molecule has 0 aromatic carbocycles. The Morgan fingerprint density at radius 3 is 1.83 bits per heavy atom. The van der Waals surface area contributed by atoms with Gasteiger partial charge in [-0.1, -0.05) is 13.3 Å². The van der Waals surface area contributed by atoms with Crippen LogP contribution in [0.4, 0.5) is 4.79 Å². The van der Waals surface area contributed by atoms with Crippen LogP contribution in [0.25, 0.3) is 0 Å². The van der Waals surface area contributed by atoms with Crippen LogP contribution >= 0.6 is 0 Å². The van der Waals surface area contributed by atoms with Crippen molar-refractivity contribution in [3.05, 3.63) is 0 Å². The van der Waals surface area contributed by atoms with E-state index in [-0.39, 0.29) is 26.1 Å². The topological polar surface area (TPSA) is 145 Å². The highest BCUT2D eigenvalue weighted by molar-refractivity contribution is 5.76. The fourth-order valence-electron chi connectivity index (χ4n) is 1.88. The van der Waals surface area contributed by atoms with Gasteiger partial charge in [-0.15, -0.1) is 0 Å². The van der Waals surface area contributed by atoms with Crippen LogP contribution in [0.3, 0.4) is 0 Å². The summed E-state index contributed by atoms with van der Waals surface area (Å²) in [7, 11) is 0. The largest absolute Gasteiger partial charge is 0.480 e. The molecule has 10 heteroatoms. The maximum atomic E-state index is 11.8. The molecule has 0 saturated heterocycles. The molecule has 0 atom stereocenters. The second kappa shape index (κ2) is 12.1. The standard InChI is InChI=1S/C14H24N2O8/c1-2-3-7-24-14(23)16(10-13(21)22)6-4-5-15(8-11(17)18)9-12(19)20/h2-10H2,1H3,(H,17,18)(H,19,20)(H,21,22). The van der Waals surface area contributed by atoms with Gasteiger partial charge in [0.15, 0.2) is 0 Å². The quantitative estimate of drug-likeness (QED) is 0.396. The summed E-state index contributed by atoms with van der Waals surface area (Å²) in [4.78, 5) is 46.2. The molecule has 0 aromatic rings. The third-order valence-corrected chi connectivity index (χ3v) is 2.93. The van der Waals surface area contributed by atoms with E-state index >= 15 is 0 Å². The first-order chi connectivity index (χ1) is 11.3. The van der Waals surface area contributed by atoms with Crippen molar-refractivity contribution >= 4 is 24.0 Å². The number of carboxylic acid groups (broad SMARTS) is 3. The molecule has 10 nitrogen and oxygen atoms in total. The maximum absolute atomic E-state index is 11.8. The number of amides is 1. The van der Waals surface area contributed by atoms with E-state index in [1.54, 1.807) is 0 Å². The third kappa shape index (κ3) is 11.2. The van der Waals surface area contributed by atoms with Crippen LogP contribution in [-0.4, -0.2) is 88.5 Å². The summed E-state index contributed by atoms with van der Waals surface area (Å²) in [5, 5.41) is 26.3. The smallest absolute Gasteiger partial charge is 0.410 e. The molecule has 0 spiro atoms. The van der Waals surface area contributed by atoms with Crippen LogP contribution in [0.2, 0.25) is 0 Å². The van der Waals surface area contributed by atoms with Crippen molar-refractivity contribution in [3.8, 4) is 0 Å². The van der Waals surface area contributed by atoms with E-state index in [2.05, 4.69) is 0 Å². The average molecular weight is 348 g/mol. The second-order valence-electron chi connectivity index (χ2n) is 5.13. The van der Waals surface area contributed by atoms with Crippen LogP contribution in [0, 0.1) is 0 Å². The molecule has 0 heterocycles. The molecule has 1 amide bonds. The molecule has 0 bridgehead atoms. The van der Waals surface area contributed by atoms with Gasteiger partial charge in [-0.3, -0.25) is 24.2 Å². The van der Waals surface area contributed by atoms with Gasteiger partial charge in [0.05, 0.1) is 19.7 Å². The van der Waals surface area contributed by atoms with Crippen molar-refractivity contribution in [2.24, 2.45) is 0 Å². The third-order valence-electron chi connectivity index (χ3n) is 2.93. The molecule has 3 N–H and O–H groups in total. The minimum atomic E-state index is -1.20. The summed E-state index contributed by atoms with van der Waals surface area (Å²) in [6.45, 7) is 0.781. The summed E-state index contributed by atoms with van der Waals surface area (Å²) < 4.78 is 4.95. The molecule has 0 aliphatic rings. The molecule has 0 unspecified atom stereocenters. The fraction of sp³-hybridized carbons (Fsp3) is 0.714. The summed E-state index contributed by atoms with van der Waals surface area (Å²) >= 11 is 0. The lowest BCUT2D eigenvalue weighted by atomic mass is 10.3. The highest BCUT2D eigenvalue weighted by atomic mass is 16.6. The van der Waals surface area contributed by atoms with Gasteiger partial charge in [0.1, 0.15) is 6.54 Å². The zero-order chi connectivity index (χ0) is 18.5. The number of rotatable bonds is 13. The van der Waals surface area contributed by atoms with Crippen LogP contribution in [0.15, 0.2) is 0 Å². The Morgan fingerprint density at radius 1 is 0.833 bits per heavy atom. The van der Waals surface area contributed by atoms with Crippen molar-refractivity contribution in [2.45, 2.75) is 26.2 Å². The first-order valence-electron chi connectivity index (χ1n) is 7.55. The predicted octanol–water partition coefficient (Wildman–Crippen LogP) is 0.171. The molecule has 0 aromatic heterocycles. The molecule has 0 aliphatic carbocycles. The van der Waals surface area contributed by atoms with E-state index < -0.39 is 43.6 Å². The molecule has 0 radical (unpaired) electrons. The van der Waals surface area contributed by atoms with E-state index in [1.807, 2.05) is 6.92 Å². The molecule has 24 heavy (non-hydrogen) atoms. The summed E-state index contributed by atoms with van der Waals surface area (Å²) in [5.74, 6) is -3.54. The SMILES string of the molecule is CCCCOC(=O)N(CCCN(CC(=O)O)CC(=O)O)CC(=O)O. The van der Waals surface area contributed by atoms with Crippen molar-refractivity contribution in [1.29, 1.82) is 0 Å².